The molecule has 0 radical (unpaired) electrons. The molecule has 3 aromatic carbocycles. The first kappa shape index (κ1) is 18.9. The molecule has 1 aromatic heterocycles. The van der Waals surface area contributed by atoms with E-state index in [-0.39, 0.29) is 23.9 Å². The molecule has 1 aliphatic rings. The van der Waals surface area contributed by atoms with E-state index in [0.29, 0.717) is 33.5 Å². The predicted molar refractivity (Wildman–Crippen MR) is 117 cm³/mol. The predicted octanol–water partition coefficient (Wildman–Crippen LogP) is 3.80. The maximum absolute atomic E-state index is 13.5. The van der Waals surface area contributed by atoms with Crippen LogP contribution in [0.4, 0.5) is 0 Å². The van der Waals surface area contributed by atoms with Gasteiger partial charge in [-0.1, -0.05) is 36.4 Å². The number of nitrogens with zero attached hydrogens (tertiary/aromatic N) is 3. The highest BCUT2D eigenvalue weighted by atomic mass is 16.2. The van der Waals surface area contributed by atoms with E-state index >= 15 is 0 Å². The Morgan fingerprint density at radius 1 is 0.774 bits per heavy atom. The molecule has 2 heterocycles. The molecule has 0 unspecified atom stereocenters. The second-order valence-electron chi connectivity index (χ2n) is 7.65. The number of amides is 2. The van der Waals surface area contributed by atoms with E-state index in [1.54, 1.807) is 42.5 Å². The number of hydrogen-bond donors (Lipinski definition) is 0. The van der Waals surface area contributed by atoms with E-state index in [4.69, 9.17) is 4.98 Å². The summed E-state index contributed by atoms with van der Waals surface area (Å²) in [6.45, 7) is 3.82. The van der Waals surface area contributed by atoms with Gasteiger partial charge < -0.3 is 0 Å². The SMILES string of the molecule is Cc1cccc(-n2c(CN3C(=O)c4ccccc4C3=O)nc3ccccc3c2=O)c1C. The van der Waals surface area contributed by atoms with E-state index in [1.807, 2.05) is 38.1 Å². The van der Waals surface area contributed by atoms with E-state index in [9.17, 15) is 14.4 Å². The van der Waals surface area contributed by atoms with E-state index in [1.165, 1.54) is 4.57 Å². The molecule has 5 rings (SSSR count). The Balaban J connectivity index is 1.72. The number of imide groups is 1. The highest BCUT2D eigenvalue weighted by Crippen LogP contribution is 2.25. The molecule has 31 heavy (non-hydrogen) atoms. The summed E-state index contributed by atoms with van der Waals surface area (Å²) in [6, 6.07) is 19.5. The van der Waals surface area contributed by atoms with Crippen LogP contribution in [-0.4, -0.2) is 26.3 Å². The summed E-state index contributed by atoms with van der Waals surface area (Å²) >= 11 is 0. The Hall–Kier alpha value is -4.06. The van der Waals surface area contributed by atoms with Crippen LogP contribution >= 0.6 is 0 Å². The zero-order chi connectivity index (χ0) is 21.7. The Morgan fingerprint density at radius 3 is 2.13 bits per heavy atom. The number of para-hydroxylation sites is 1. The van der Waals surface area contributed by atoms with Crippen LogP contribution in [0.1, 0.15) is 37.7 Å². The zero-order valence-corrected chi connectivity index (χ0v) is 17.1. The molecule has 0 bridgehead atoms. The molecular weight excluding hydrogens is 390 g/mol. The molecule has 152 valence electrons. The zero-order valence-electron chi connectivity index (χ0n) is 17.1. The standard InChI is InChI=1S/C25H19N3O3/c1-15-8-7-13-21(16(15)2)28-22(26-20-12-6-5-11-19(20)25(28)31)14-27-23(29)17-9-3-4-10-18(17)24(27)30/h3-13H,14H2,1-2H3. The van der Waals surface area contributed by atoms with Crippen molar-refractivity contribution in [3.05, 3.63) is 105 Å². The molecule has 0 aliphatic carbocycles. The molecule has 0 saturated heterocycles. The summed E-state index contributed by atoms with van der Waals surface area (Å²) in [7, 11) is 0. The topological polar surface area (TPSA) is 72.3 Å². The van der Waals surface area contributed by atoms with E-state index in [2.05, 4.69) is 0 Å². The molecule has 0 fully saturated rings. The van der Waals surface area contributed by atoms with Gasteiger partial charge in [-0.05, 0) is 55.3 Å². The minimum Gasteiger partial charge on any atom is -0.269 e. The minimum absolute atomic E-state index is 0.0974. The lowest BCUT2D eigenvalue weighted by molar-refractivity contribution is 0.0637. The Labute approximate surface area is 178 Å². The van der Waals surface area contributed by atoms with Gasteiger partial charge in [-0.25, -0.2) is 4.98 Å². The van der Waals surface area contributed by atoms with Crippen LogP contribution in [0.2, 0.25) is 0 Å². The normalized spacial score (nSPS) is 13.2. The summed E-state index contributed by atoms with van der Waals surface area (Å²) in [4.78, 5) is 45.2. The number of carbonyl (C=O) groups is 2. The molecule has 0 saturated carbocycles. The first-order chi connectivity index (χ1) is 15.0. The van der Waals surface area contributed by atoms with Gasteiger partial charge >= 0.3 is 0 Å². The van der Waals surface area contributed by atoms with Crippen molar-refractivity contribution in [3.63, 3.8) is 0 Å². The Kier molecular flexibility index (Phi) is 4.29. The molecule has 6 heteroatoms. The molecule has 2 amide bonds. The fourth-order valence-corrected chi connectivity index (χ4v) is 4.04. The van der Waals surface area contributed by atoms with Crippen molar-refractivity contribution < 1.29 is 9.59 Å². The monoisotopic (exact) mass is 409 g/mol. The Bertz CT molecular complexity index is 1420. The van der Waals surface area contributed by atoms with E-state index in [0.717, 1.165) is 16.0 Å². The van der Waals surface area contributed by atoms with Crippen LogP contribution in [0.15, 0.2) is 71.5 Å². The molecule has 1 aliphatic heterocycles. The number of rotatable bonds is 3. The van der Waals surface area contributed by atoms with Crippen LogP contribution in [0, 0.1) is 13.8 Å². The Morgan fingerprint density at radius 2 is 1.42 bits per heavy atom. The number of hydrogen-bond acceptors (Lipinski definition) is 4. The van der Waals surface area contributed by atoms with Gasteiger partial charge in [0.15, 0.2) is 0 Å². The van der Waals surface area contributed by atoms with Gasteiger partial charge in [0, 0.05) is 0 Å². The van der Waals surface area contributed by atoms with Gasteiger partial charge in [0.05, 0.1) is 34.3 Å². The summed E-state index contributed by atoms with van der Waals surface area (Å²) in [5, 5.41) is 0.481. The summed E-state index contributed by atoms with van der Waals surface area (Å²) < 4.78 is 1.52. The van der Waals surface area contributed by atoms with Crippen molar-refractivity contribution in [2.24, 2.45) is 0 Å². The summed E-state index contributed by atoms with van der Waals surface area (Å²) in [5.74, 6) is -0.419. The van der Waals surface area contributed by atoms with Crippen LogP contribution in [-0.2, 0) is 6.54 Å². The van der Waals surface area contributed by atoms with Gasteiger partial charge in [0.1, 0.15) is 5.82 Å². The van der Waals surface area contributed by atoms with Gasteiger partial charge in [-0.3, -0.25) is 23.9 Å². The molecule has 0 atom stereocenters. The highest BCUT2D eigenvalue weighted by molar-refractivity contribution is 6.21. The van der Waals surface area contributed by atoms with Crippen molar-refractivity contribution in [2.45, 2.75) is 20.4 Å². The molecular formula is C25H19N3O3. The van der Waals surface area contributed by atoms with Crippen LogP contribution in [0.3, 0.4) is 0 Å². The molecule has 4 aromatic rings. The van der Waals surface area contributed by atoms with Gasteiger partial charge in [0.25, 0.3) is 17.4 Å². The lowest BCUT2D eigenvalue weighted by Crippen LogP contribution is -2.34. The van der Waals surface area contributed by atoms with Crippen LogP contribution < -0.4 is 5.56 Å². The third kappa shape index (κ3) is 2.87. The lowest BCUT2D eigenvalue weighted by Gasteiger charge is -2.20. The average molecular weight is 409 g/mol. The summed E-state index contributed by atoms with van der Waals surface area (Å²) in [5.41, 5.74) is 3.69. The lowest BCUT2D eigenvalue weighted by atomic mass is 10.1. The fourth-order valence-electron chi connectivity index (χ4n) is 4.04. The fraction of sp³-hybridized carbons (Fsp3) is 0.120. The quantitative estimate of drug-likeness (QED) is 0.483. The smallest absolute Gasteiger partial charge is 0.266 e. The summed E-state index contributed by atoms with van der Waals surface area (Å²) in [6.07, 6.45) is 0. The third-order valence-electron chi connectivity index (χ3n) is 5.84. The number of aryl methyl sites for hydroxylation is 1. The van der Waals surface area contributed by atoms with Crippen molar-refractivity contribution >= 4 is 22.7 Å². The van der Waals surface area contributed by atoms with Crippen LogP contribution in [0.5, 0.6) is 0 Å². The number of fused-ring (bicyclic) bond motifs is 2. The van der Waals surface area contributed by atoms with Gasteiger partial charge in [0.2, 0.25) is 0 Å². The molecule has 0 N–H and O–H groups in total. The van der Waals surface area contributed by atoms with Gasteiger partial charge in [-0.2, -0.15) is 0 Å². The minimum atomic E-state index is -0.379. The average Bonchev–Trinajstić information content (AvgIpc) is 3.02. The van der Waals surface area contributed by atoms with Crippen molar-refractivity contribution in [2.75, 3.05) is 0 Å². The van der Waals surface area contributed by atoms with E-state index < -0.39 is 0 Å². The molecule has 0 spiro atoms. The maximum atomic E-state index is 13.5. The number of carbonyl (C=O) groups excluding carboxylic acids is 2. The number of benzene rings is 3. The van der Waals surface area contributed by atoms with Crippen LogP contribution in [0.25, 0.3) is 16.6 Å². The highest BCUT2D eigenvalue weighted by Gasteiger charge is 2.36. The largest absolute Gasteiger partial charge is 0.269 e. The van der Waals surface area contributed by atoms with Crippen molar-refractivity contribution in [1.29, 1.82) is 0 Å². The first-order valence-electron chi connectivity index (χ1n) is 10.00. The first-order valence-corrected chi connectivity index (χ1v) is 10.00. The van der Waals surface area contributed by atoms with Crippen molar-refractivity contribution in [1.82, 2.24) is 14.5 Å². The van der Waals surface area contributed by atoms with Gasteiger partial charge in [-0.15, -0.1) is 0 Å². The second-order valence-corrected chi connectivity index (χ2v) is 7.65. The molecule has 6 nitrogen and oxygen atoms in total. The van der Waals surface area contributed by atoms with Crippen molar-refractivity contribution in [3.8, 4) is 5.69 Å². The maximum Gasteiger partial charge on any atom is 0.266 e. The third-order valence-corrected chi connectivity index (χ3v) is 5.84. The second kappa shape index (κ2) is 7.02. The number of aromatic nitrogens is 2.